The third kappa shape index (κ3) is 5.99. The van der Waals surface area contributed by atoms with E-state index in [9.17, 15) is 9.59 Å². The maximum absolute atomic E-state index is 12.3. The molecule has 0 aliphatic carbocycles. The van der Waals surface area contributed by atoms with Crippen molar-refractivity contribution in [2.75, 3.05) is 29.9 Å². The lowest BCUT2D eigenvalue weighted by Crippen LogP contribution is -2.50. The molecule has 0 spiro atoms. The Morgan fingerprint density at radius 1 is 1.50 bits per heavy atom. The molecule has 0 bridgehead atoms. The van der Waals surface area contributed by atoms with Gasteiger partial charge in [0.1, 0.15) is 5.76 Å². The van der Waals surface area contributed by atoms with Crippen molar-refractivity contribution in [2.45, 2.75) is 32.7 Å². The lowest BCUT2D eigenvalue weighted by molar-refractivity contribution is -0.132. The highest BCUT2D eigenvalue weighted by atomic mass is 35.5. The summed E-state index contributed by atoms with van der Waals surface area (Å²) < 4.78 is 4.88. The largest absolute Gasteiger partial charge is 0.360 e. The highest BCUT2D eigenvalue weighted by Crippen LogP contribution is 2.22. The van der Waals surface area contributed by atoms with E-state index in [1.807, 2.05) is 4.90 Å². The van der Waals surface area contributed by atoms with E-state index >= 15 is 0 Å². The number of likely N-dealkylation sites (tertiary alicyclic amines) is 1. The summed E-state index contributed by atoms with van der Waals surface area (Å²) in [5, 5.41) is 6.33. The summed E-state index contributed by atoms with van der Waals surface area (Å²) in [7, 11) is 0. The van der Waals surface area contributed by atoms with Crippen molar-refractivity contribution >= 4 is 41.8 Å². The first-order valence-corrected chi connectivity index (χ1v) is 8.95. The number of hydrogen-bond acceptors (Lipinski definition) is 6. The van der Waals surface area contributed by atoms with Crippen LogP contribution in [0.2, 0.25) is 0 Å². The summed E-state index contributed by atoms with van der Waals surface area (Å²) in [6.45, 7) is 5.19. The predicted octanol–water partition coefficient (Wildman–Crippen LogP) is 1.66. The second-order valence-electron chi connectivity index (χ2n) is 5.97. The van der Waals surface area contributed by atoms with Gasteiger partial charge in [0.25, 0.3) is 0 Å². The molecule has 1 aromatic rings. The van der Waals surface area contributed by atoms with Gasteiger partial charge in [-0.1, -0.05) is 12.1 Å². The van der Waals surface area contributed by atoms with E-state index in [0.29, 0.717) is 24.0 Å². The molecule has 2 amide bonds. The molecule has 1 fully saturated rings. The van der Waals surface area contributed by atoms with Crippen LogP contribution in [0, 0.1) is 12.8 Å². The zero-order valence-electron chi connectivity index (χ0n) is 14.0. The van der Waals surface area contributed by atoms with Gasteiger partial charge in [-0.15, -0.1) is 24.2 Å². The van der Waals surface area contributed by atoms with E-state index in [1.54, 1.807) is 13.0 Å². The maximum Gasteiger partial charge on any atom is 0.235 e. The van der Waals surface area contributed by atoms with Crippen LogP contribution in [0.15, 0.2) is 10.6 Å². The van der Waals surface area contributed by atoms with Gasteiger partial charge < -0.3 is 20.5 Å². The van der Waals surface area contributed by atoms with Crippen LogP contribution < -0.4 is 11.1 Å². The number of halogens is 1. The molecule has 2 unspecified atom stereocenters. The molecule has 1 aliphatic rings. The summed E-state index contributed by atoms with van der Waals surface area (Å²) in [6, 6.07) is 1.77. The second-order valence-corrected chi connectivity index (χ2v) is 6.96. The first-order valence-electron chi connectivity index (χ1n) is 7.80. The van der Waals surface area contributed by atoms with Gasteiger partial charge >= 0.3 is 0 Å². The lowest BCUT2D eigenvalue weighted by atomic mass is 9.92. The van der Waals surface area contributed by atoms with E-state index in [4.69, 9.17) is 10.3 Å². The van der Waals surface area contributed by atoms with Crippen LogP contribution in [0.25, 0.3) is 0 Å². The molecule has 0 radical (unpaired) electrons. The van der Waals surface area contributed by atoms with Gasteiger partial charge in [-0.2, -0.15) is 0 Å². The predicted molar refractivity (Wildman–Crippen MR) is 97.4 cm³/mol. The lowest BCUT2D eigenvalue weighted by Gasteiger charge is -2.38. The van der Waals surface area contributed by atoms with E-state index in [2.05, 4.69) is 17.4 Å². The van der Waals surface area contributed by atoms with Crippen LogP contribution in [0.5, 0.6) is 0 Å². The Bertz CT molecular complexity index is 555. The molecule has 3 N–H and O–H groups in total. The number of carbonyl (C=O) groups excluding carboxylic acids is 2. The first kappa shape index (κ1) is 20.8. The number of rotatable bonds is 6. The van der Waals surface area contributed by atoms with Crippen LogP contribution >= 0.6 is 24.2 Å². The first-order chi connectivity index (χ1) is 11.0. The molecule has 2 atom stereocenters. The average molecular weight is 377 g/mol. The fourth-order valence-corrected chi connectivity index (χ4v) is 3.42. The highest BCUT2D eigenvalue weighted by molar-refractivity contribution is 8.00. The topological polar surface area (TPSA) is 101 Å². The van der Waals surface area contributed by atoms with Crippen molar-refractivity contribution in [3.8, 4) is 0 Å². The minimum absolute atomic E-state index is 0. The molecule has 24 heavy (non-hydrogen) atoms. The molecule has 2 rings (SSSR count). The zero-order valence-corrected chi connectivity index (χ0v) is 15.6. The van der Waals surface area contributed by atoms with E-state index < -0.39 is 0 Å². The van der Waals surface area contributed by atoms with Gasteiger partial charge in [0, 0.05) is 25.2 Å². The zero-order chi connectivity index (χ0) is 16.8. The molecule has 1 saturated heterocycles. The Kier molecular flexibility index (Phi) is 8.58. The number of aryl methyl sites for hydroxylation is 1. The van der Waals surface area contributed by atoms with Crippen LogP contribution in [0.4, 0.5) is 5.82 Å². The number of nitrogens with zero attached hydrogens (tertiary/aromatic N) is 2. The van der Waals surface area contributed by atoms with Gasteiger partial charge in [0.15, 0.2) is 5.82 Å². The summed E-state index contributed by atoms with van der Waals surface area (Å²) in [4.78, 5) is 26.0. The van der Waals surface area contributed by atoms with Crippen molar-refractivity contribution in [1.82, 2.24) is 10.1 Å². The van der Waals surface area contributed by atoms with Gasteiger partial charge in [0.2, 0.25) is 11.8 Å². The second kappa shape index (κ2) is 9.90. The number of aromatic nitrogens is 1. The third-order valence-corrected chi connectivity index (χ3v) is 4.84. The monoisotopic (exact) mass is 376 g/mol. The molecule has 0 aromatic carbocycles. The summed E-state index contributed by atoms with van der Waals surface area (Å²) in [5.41, 5.74) is 5.78. The summed E-state index contributed by atoms with van der Waals surface area (Å²) >= 11 is 1.30. The van der Waals surface area contributed by atoms with Gasteiger partial charge in [0.05, 0.1) is 11.5 Å². The normalized spacial score (nSPS) is 20.4. The Morgan fingerprint density at radius 2 is 2.25 bits per heavy atom. The highest BCUT2D eigenvalue weighted by Gasteiger charge is 2.28. The minimum Gasteiger partial charge on any atom is -0.360 e. The fraction of sp³-hybridized carbons (Fsp3) is 0.667. The number of thioether (sulfide) groups is 1. The minimum atomic E-state index is -0.196. The van der Waals surface area contributed by atoms with Crippen LogP contribution in [-0.2, 0) is 9.59 Å². The molecule has 2 heterocycles. The van der Waals surface area contributed by atoms with Crippen molar-refractivity contribution in [1.29, 1.82) is 0 Å². The van der Waals surface area contributed by atoms with Crippen molar-refractivity contribution in [3.63, 3.8) is 0 Å². The summed E-state index contributed by atoms with van der Waals surface area (Å²) in [5.74, 6) is 1.99. The summed E-state index contributed by atoms with van der Waals surface area (Å²) in [6.07, 6.45) is 1.97. The van der Waals surface area contributed by atoms with Crippen LogP contribution in [0.1, 0.15) is 25.5 Å². The number of nitrogens with one attached hydrogen (secondary N) is 1. The SMILES string of the molecule is Cc1cc(NC(=O)CSCC(=O)N2CCC(C)CC2CN)no1.Cl. The average Bonchev–Trinajstić information content (AvgIpc) is 2.91. The fourth-order valence-electron chi connectivity index (χ4n) is 2.72. The van der Waals surface area contributed by atoms with Gasteiger partial charge in [-0.25, -0.2) is 0 Å². The number of hydrogen-bond donors (Lipinski definition) is 2. The molecule has 7 nitrogen and oxygen atoms in total. The molecule has 0 saturated carbocycles. The number of nitrogens with two attached hydrogens (primary N) is 1. The Balaban J connectivity index is 0.00000288. The molecule has 1 aromatic heterocycles. The Hall–Kier alpha value is -1.25. The van der Waals surface area contributed by atoms with Crippen molar-refractivity contribution in [2.24, 2.45) is 11.7 Å². The standard InChI is InChI=1S/C15H24N4O3S.ClH/c1-10-3-4-19(12(5-10)7-16)15(21)9-23-8-14(20)17-13-6-11(2)22-18-13;/h6,10,12H,3-5,7-9,16H2,1-2H3,(H,17,18,20);1H. The molecular weight excluding hydrogens is 352 g/mol. The number of carbonyl (C=O) groups is 2. The van der Waals surface area contributed by atoms with Crippen LogP contribution in [0.3, 0.4) is 0 Å². The Labute approximate surface area is 152 Å². The molecule has 136 valence electrons. The van der Waals surface area contributed by atoms with Crippen LogP contribution in [-0.4, -0.2) is 52.5 Å². The van der Waals surface area contributed by atoms with Crippen molar-refractivity contribution < 1.29 is 14.1 Å². The van der Waals surface area contributed by atoms with Crippen molar-refractivity contribution in [3.05, 3.63) is 11.8 Å². The van der Waals surface area contributed by atoms with Gasteiger partial charge in [-0.3, -0.25) is 9.59 Å². The maximum atomic E-state index is 12.3. The number of anilines is 1. The molecule has 9 heteroatoms. The third-order valence-electron chi connectivity index (χ3n) is 3.92. The quantitative estimate of drug-likeness (QED) is 0.782. The molecular formula is C15H25ClN4O3S. The van der Waals surface area contributed by atoms with Gasteiger partial charge in [-0.05, 0) is 25.7 Å². The van der Waals surface area contributed by atoms with E-state index in [-0.39, 0.29) is 41.8 Å². The molecule has 1 aliphatic heterocycles. The number of amides is 2. The van der Waals surface area contributed by atoms with E-state index in [1.165, 1.54) is 11.8 Å². The Morgan fingerprint density at radius 3 is 2.88 bits per heavy atom. The number of piperidine rings is 1. The smallest absolute Gasteiger partial charge is 0.235 e. The van der Waals surface area contributed by atoms with E-state index in [0.717, 1.165) is 19.4 Å².